The Balaban J connectivity index is 1.75. The summed E-state index contributed by atoms with van der Waals surface area (Å²) in [4.78, 5) is 17.5. The molecule has 0 saturated heterocycles. The fraction of sp³-hybridized carbons (Fsp3) is 0.107. The second-order valence-electron chi connectivity index (χ2n) is 7.74. The molecule has 37 heavy (non-hydrogen) atoms. The molecule has 1 heterocycles. The van der Waals surface area contributed by atoms with Crippen LogP contribution in [0.4, 0.5) is 5.69 Å². The highest BCUT2D eigenvalue weighted by atomic mass is 79.9. The van der Waals surface area contributed by atoms with Crippen molar-refractivity contribution < 1.29 is 14.3 Å². The first-order valence-corrected chi connectivity index (χ1v) is 13.2. The quantitative estimate of drug-likeness (QED) is 0.213. The molecule has 0 aliphatic heterocycles. The molecule has 0 fully saturated rings. The van der Waals surface area contributed by atoms with Crippen molar-refractivity contribution in [3.8, 4) is 40.0 Å². The Morgan fingerprint density at radius 3 is 2.41 bits per heavy atom. The van der Waals surface area contributed by atoms with E-state index in [2.05, 4.69) is 27.3 Å². The molecule has 0 spiro atoms. The third kappa shape index (κ3) is 6.25. The number of halogens is 2. The van der Waals surface area contributed by atoms with Crippen LogP contribution >= 0.6 is 39.3 Å². The highest BCUT2D eigenvalue weighted by Crippen LogP contribution is 2.38. The van der Waals surface area contributed by atoms with E-state index in [-0.39, 0.29) is 11.7 Å². The maximum atomic E-state index is 12.7. The van der Waals surface area contributed by atoms with Crippen molar-refractivity contribution in [1.29, 1.82) is 5.26 Å². The fourth-order valence-corrected chi connectivity index (χ4v) is 4.93. The van der Waals surface area contributed by atoms with Crippen molar-refractivity contribution in [1.82, 2.24) is 4.98 Å². The smallest absolute Gasteiger partial charge is 0.234 e. The summed E-state index contributed by atoms with van der Waals surface area (Å²) in [6.07, 6.45) is 0. The zero-order chi connectivity index (χ0) is 26.4. The molecule has 1 N–H and O–H groups in total. The minimum Gasteiger partial charge on any atom is -0.493 e. The zero-order valence-corrected chi connectivity index (χ0v) is 23.1. The summed E-state index contributed by atoms with van der Waals surface area (Å²) in [6, 6.07) is 24.3. The van der Waals surface area contributed by atoms with Crippen LogP contribution in [0.3, 0.4) is 0 Å². The topological polar surface area (TPSA) is 84.2 Å². The van der Waals surface area contributed by atoms with Gasteiger partial charge in [-0.15, -0.1) is 0 Å². The molecule has 4 aromatic rings. The van der Waals surface area contributed by atoms with E-state index < -0.39 is 0 Å². The summed E-state index contributed by atoms with van der Waals surface area (Å²) in [5.74, 6) is 0.969. The number of thioether (sulfide) groups is 1. The number of para-hydroxylation sites is 1. The Labute approximate surface area is 232 Å². The number of carbonyl (C=O) groups excluding carboxylic acids is 1. The van der Waals surface area contributed by atoms with E-state index in [4.69, 9.17) is 26.1 Å². The molecule has 0 radical (unpaired) electrons. The Morgan fingerprint density at radius 2 is 1.73 bits per heavy atom. The van der Waals surface area contributed by atoms with Crippen molar-refractivity contribution in [2.75, 3.05) is 25.3 Å². The third-order valence-corrected chi connectivity index (χ3v) is 7.34. The minimum atomic E-state index is -0.216. The number of methoxy groups -OCH3 is 2. The average Bonchev–Trinajstić information content (AvgIpc) is 2.92. The molecule has 186 valence electrons. The lowest BCUT2D eigenvalue weighted by molar-refractivity contribution is -0.113. The Bertz CT molecular complexity index is 1490. The highest BCUT2D eigenvalue weighted by Gasteiger charge is 2.19. The second kappa shape index (κ2) is 12.2. The van der Waals surface area contributed by atoms with Gasteiger partial charge in [0, 0.05) is 20.6 Å². The van der Waals surface area contributed by atoms with E-state index >= 15 is 0 Å². The molecule has 9 heteroatoms. The molecular formula is C28H21BrClN3O3S. The fourth-order valence-electron chi connectivity index (χ4n) is 3.62. The highest BCUT2D eigenvalue weighted by molar-refractivity contribution is 9.10. The number of ether oxygens (including phenoxy) is 2. The summed E-state index contributed by atoms with van der Waals surface area (Å²) in [6.45, 7) is 0. The molecule has 1 amide bonds. The minimum absolute atomic E-state index is 0.0679. The van der Waals surface area contributed by atoms with Gasteiger partial charge in [0.05, 0.1) is 36.9 Å². The predicted molar refractivity (Wildman–Crippen MR) is 151 cm³/mol. The lowest BCUT2D eigenvalue weighted by Crippen LogP contribution is -2.14. The molecule has 1 aromatic heterocycles. The van der Waals surface area contributed by atoms with E-state index in [1.54, 1.807) is 32.4 Å². The number of anilines is 1. The van der Waals surface area contributed by atoms with Crippen LogP contribution in [0.5, 0.6) is 11.5 Å². The summed E-state index contributed by atoms with van der Waals surface area (Å²) in [5, 5.41) is 14.1. The monoisotopic (exact) mass is 593 g/mol. The van der Waals surface area contributed by atoms with Gasteiger partial charge >= 0.3 is 0 Å². The van der Waals surface area contributed by atoms with Crippen LogP contribution in [0.1, 0.15) is 5.56 Å². The predicted octanol–water partition coefficient (Wildman–Crippen LogP) is 7.45. The van der Waals surface area contributed by atoms with Crippen molar-refractivity contribution in [2.45, 2.75) is 5.03 Å². The first-order valence-electron chi connectivity index (χ1n) is 11.0. The molecule has 6 nitrogen and oxygen atoms in total. The lowest BCUT2D eigenvalue weighted by atomic mass is 9.99. The SMILES string of the molecule is COc1ccc(-c2cc(-c3ccc(Cl)cc3)nc(SCC(=O)Nc3ccccc3Br)c2C#N)cc1OC. The van der Waals surface area contributed by atoms with Gasteiger partial charge in [0.1, 0.15) is 11.1 Å². The van der Waals surface area contributed by atoms with Gasteiger partial charge in [0.15, 0.2) is 11.5 Å². The molecule has 0 unspecified atom stereocenters. The average molecular weight is 595 g/mol. The number of benzene rings is 3. The Hall–Kier alpha value is -3.51. The standard InChI is InChI=1S/C28H21BrClN3O3S/c1-35-25-12-9-18(13-26(25)36-2)20-14-24(17-7-10-19(30)11-8-17)33-28(21(20)15-31)37-16-27(34)32-23-6-4-3-5-22(23)29/h3-14H,16H2,1-2H3,(H,32,34). The molecule has 0 atom stereocenters. The van der Waals surface area contributed by atoms with E-state index in [0.717, 1.165) is 15.6 Å². The molecule has 0 aliphatic carbocycles. The van der Waals surface area contributed by atoms with Gasteiger partial charge in [-0.1, -0.05) is 53.7 Å². The van der Waals surface area contributed by atoms with Crippen molar-refractivity contribution in [3.05, 3.63) is 87.9 Å². The van der Waals surface area contributed by atoms with Gasteiger partial charge in [-0.3, -0.25) is 4.79 Å². The van der Waals surface area contributed by atoms with Crippen molar-refractivity contribution in [2.24, 2.45) is 0 Å². The van der Waals surface area contributed by atoms with E-state index in [0.29, 0.717) is 44.1 Å². The molecule has 4 rings (SSSR count). The maximum absolute atomic E-state index is 12.7. The Morgan fingerprint density at radius 1 is 1.03 bits per heavy atom. The van der Waals surface area contributed by atoms with Crippen molar-refractivity contribution in [3.63, 3.8) is 0 Å². The van der Waals surface area contributed by atoms with Crippen LogP contribution in [0.25, 0.3) is 22.4 Å². The number of rotatable bonds is 8. The number of nitrogens with zero attached hydrogens (tertiary/aromatic N) is 2. The van der Waals surface area contributed by atoms with Crippen LogP contribution in [-0.4, -0.2) is 30.9 Å². The molecular weight excluding hydrogens is 574 g/mol. The summed E-state index contributed by atoms with van der Waals surface area (Å²) in [5.41, 5.74) is 3.93. The van der Waals surface area contributed by atoms with Gasteiger partial charge in [-0.05, 0) is 64.0 Å². The maximum Gasteiger partial charge on any atom is 0.234 e. The van der Waals surface area contributed by atoms with Gasteiger partial charge < -0.3 is 14.8 Å². The lowest BCUT2D eigenvalue weighted by Gasteiger charge is -2.14. The van der Waals surface area contributed by atoms with Crippen LogP contribution in [0, 0.1) is 11.3 Å². The van der Waals surface area contributed by atoms with E-state index in [1.165, 1.54) is 11.8 Å². The molecule has 3 aromatic carbocycles. The molecule has 0 saturated carbocycles. The largest absolute Gasteiger partial charge is 0.493 e. The number of nitriles is 1. The number of amides is 1. The van der Waals surface area contributed by atoms with E-state index in [9.17, 15) is 10.1 Å². The molecule has 0 aliphatic rings. The normalized spacial score (nSPS) is 10.5. The van der Waals surface area contributed by atoms with Gasteiger partial charge in [0.25, 0.3) is 0 Å². The zero-order valence-electron chi connectivity index (χ0n) is 19.9. The number of hydrogen-bond acceptors (Lipinski definition) is 6. The number of hydrogen-bond donors (Lipinski definition) is 1. The summed E-state index contributed by atoms with van der Waals surface area (Å²) >= 11 is 10.7. The van der Waals surface area contributed by atoms with Gasteiger partial charge in [-0.25, -0.2) is 4.98 Å². The molecule has 0 bridgehead atoms. The van der Waals surface area contributed by atoms with Crippen LogP contribution in [-0.2, 0) is 4.79 Å². The van der Waals surface area contributed by atoms with Crippen LogP contribution < -0.4 is 14.8 Å². The first-order chi connectivity index (χ1) is 17.9. The van der Waals surface area contributed by atoms with Crippen molar-refractivity contribution >= 4 is 50.9 Å². The number of aromatic nitrogens is 1. The van der Waals surface area contributed by atoms with Crippen LogP contribution in [0.2, 0.25) is 5.02 Å². The summed E-state index contributed by atoms with van der Waals surface area (Å²) < 4.78 is 11.6. The van der Waals surface area contributed by atoms with E-state index in [1.807, 2.05) is 54.6 Å². The number of pyridine rings is 1. The van der Waals surface area contributed by atoms with Gasteiger partial charge in [-0.2, -0.15) is 5.26 Å². The third-order valence-electron chi connectivity index (χ3n) is 5.42. The first kappa shape index (κ1) is 26.6. The van der Waals surface area contributed by atoms with Crippen LogP contribution in [0.15, 0.2) is 82.3 Å². The van der Waals surface area contributed by atoms with Gasteiger partial charge in [0.2, 0.25) is 5.91 Å². The second-order valence-corrected chi connectivity index (χ2v) is 10.00. The number of nitrogens with one attached hydrogen (secondary N) is 1. The number of carbonyl (C=O) groups is 1. The summed E-state index contributed by atoms with van der Waals surface area (Å²) in [7, 11) is 3.13. The Kier molecular flexibility index (Phi) is 8.72.